The second kappa shape index (κ2) is 4.13. The molecule has 3 heteroatoms. The van der Waals surface area contributed by atoms with Crippen LogP contribution in [0.5, 0.6) is 0 Å². The van der Waals surface area contributed by atoms with Crippen LogP contribution in [0.3, 0.4) is 0 Å². The summed E-state index contributed by atoms with van der Waals surface area (Å²) in [7, 11) is 1.42. The van der Waals surface area contributed by atoms with Gasteiger partial charge in [-0.2, -0.15) is 0 Å². The molecule has 0 aromatic rings. The standard InChI is InChI=1S/C11H18O3/c1-5-7-11(10(12)13-4)8(3)9(11)14-6-2/h5,7-9H,6H2,1-4H3/b7-5+/t8-,9+,11+/m0/s1. The van der Waals surface area contributed by atoms with E-state index in [1.165, 1.54) is 7.11 Å². The van der Waals surface area contributed by atoms with Gasteiger partial charge in [-0.1, -0.05) is 19.1 Å². The smallest absolute Gasteiger partial charge is 0.318 e. The third kappa shape index (κ3) is 1.46. The molecule has 0 heterocycles. The van der Waals surface area contributed by atoms with Crippen molar-refractivity contribution in [1.82, 2.24) is 0 Å². The minimum Gasteiger partial charge on any atom is -0.468 e. The highest BCUT2D eigenvalue weighted by molar-refractivity contribution is 5.84. The average Bonchev–Trinajstić information content (AvgIpc) is 2.74. The number of ether oxygens (including phenoxy) is 2. The van der Waals surface area contributed by atoms with Crippen LogP contribution in [0.15, 0.2) is 12.2 Å². The lowest BCUT2D eigenvalue weighted by atomic mass is 10.0. The highest BCUT2D eigenvalue weighted by Crippen LogP contribution is 2.56. The van der Waals surface area contributed by atoms with Gasteiger partial charge in [0.1, 0.15) is 5.41 Å². The van der Waals surface area contributed by atoms with Crippen LogP contribution in [0.4, 0.5) is 0 Å². The molecule has 3 nitrogen and oxygen atoms in total. The highest BCUT2D eigenvalue weighted by Gasteiger charge is 2.67. The molecule has 1 saturated carbocycles. The van der Waals surface area contributed by atoms with Crippen LogP contribution in [0.1, 0.15) is 20.8 Å². The van der Waals surface area contributed by atoms with Crippen LogP contribution in [-0.2, 0) is 14.3 Å². The van der Waals surface area contributed by atoms with E-state index in [-0.39, 0.29) is 18.0 Å². The predicted octanol–water partition coefficient (Wildman–Crippen LogP) is 1.78. The normalized spacial score (nSPS) is 36.0. The maximum absolute atomic E-state index is 11.6. The van der Waals surface area contributed by atoms with E-state index < -0.39 is 5.41 Å². The number of hydrogen-bond donors (Lipinski definition) is 0. The molecule has 0 bridgehead atoms. The van der Waals surface area contributed by atoms with Crippen molar-refractivity contribution in [2.24, 2.45) is 11.3 Å². The number of esters is 1. The number of methoxy groups -OCH3 is 1. The molecule has 1 aliphatic rings. The summed E-state index contributed by atoms with van der Waals surface area (Å²) in [6.45, 7) is 6.48. The molecule has 0 aliphatic heterocycles. The summed E-state index contributed by atoms with van der Waals surface area (Å²) >= 11 is 0. The Balaban J connectivity index is 2.81. The summed E-state index contributed by atoms with van der Waals surface area (Å²) in [6.07, 6.45) is 3.76. The first-order valence-electron chi connectivity index (χ1n) is 4.99. The maximum atomic E-state index is 11.6. The molecule has 1 fully saturated rings. The zero-order chi connectivity index (χ0) is 10.8. The minimum atomic E-state index is -0.528. The Morgan fingerprint density at radius 3 is 2.64 bits per heavy atom. The molecule has 0 amide bonds. The molecule has 0 N–H and O–H groups in total. The van der Waals surface area contributed by atoms with E-state index in [0.29, 0.717) is 6.61 Å². The van der Waals surface area contributed by atoms with Gasteiger partial charge in [-0.25, -0.2) is 0 Å². The van der Waals surface area contributed by atoms with Crippen molar-refractivity contribution >= 4 is 5.97 Å². The Morgan fingerprint density at radius 1 is 1.57 bits per heavy atom. The summed E-state index contributed by atoms with van der Waals surface area (Å²) in [4.78, 5) is 11.6. The molecular formula is C11H18O3. The van der Waals surface area contributed by atoms with Gasteiger partial charge < -0.3 is 9.47 Å². The van der Waals surface area contributed by atoms with Crippen molar-refractivity contribution < 1.29 is 14.3 Å². The lowest BCUT2D eigenvalue weighted by molar-refractivity contribution is -0.147. The molecule has 1 aliphatic carbocycles. The van der Waals surface area contributed by atoms with E-state index in [0.717, 1.165) is 0 Å². The Labute approximate surface area is 85.1 Å². The Kier molecular flexibility index (Phi) is 3.32. The third-order valence-corrected chi connectivity index (χ3v) is 2.90. The largest absolute Gasteiger partial charge is 0.468 e. The fourth-order valence-corrected chi connectivity index (χ4v) is 2.08. The number of allylic oxidation sites excluding steroid dienone is 1. The lowest BCUT2D eigenvalue weighted by Crippen LogP contribution is -2.21. The van der Waals surface area contributed by atoms with Crippen molar-refractivity contribution in [3.8, 4) is 0 Å². The summed E-state index contributed by atoms with van der Waals surface area (Å²) in [5.74, 6) is 0.0210. The monoisotopic (exact) mass is 198 g/mol. The first-order valence-corrected chi connectivity index (χ1v) is 4.99. The van der Waals surface area contributed by atoms with E-state index in [1.807, 2.05) is 32.9 Å². The first-order chi connectivity index (χ1) is 6.65. The van der Waals surface area contributed by atoms with Gasteiger partial charge in [0.2, 0.25) is 0 Å². The van der Waals surface area contributed by atoms with Gasteiger partial charge in [0, 0.05) is 12.5 Å². The van der Waals surface area contributed by atoms with Gasteiger partial charge in [0.05, 0.1) is 13.2 Å². The molecule has 0 aromatic carbocycles. The van der Waals surface area contributed by atoms with Crippen LogP contribution < -0.4 is 0 Å². The van der Waals surface area contributed by atoms with Crippen LogP contribution in [0.2, 0.25) is 0 Å². The first kappa shape index (κ1) is 11.2. The molecule has 80 valence electrons. The molecule has 0 saturated heterocycles. The van der Waals surface area contributed by atoms with E-state index >= 15 is 0 Å². The van der Waals surface area contributed by atoms with Crippen molar-refractivity contribution in [3.05, 3.63) is 12.2 Å². The fourth-order valence-electron chi connectivity index (χ4n) is 2.08. The van der Waals surface area contributed by atoms with E-state index in [4.69, 9.17) is 9.47 Å². The molecule has 14 heavy (non-hydrogen) atoms. The highest BCUT2D eigenvalue weighted by atomic mass is 16.5. The number of carbonyl (C=O) groups excluding carboxylic acids is 1. The SMILES string of the molecule is C/C=C/[C@]1(C(=O)OC)[C@H](OCC)[C@@H]1C. The van der Waals surface area contributed by atoms with Gasteiger partial charge >= 0.3 is 5.97 Å². The minimum absolute atomic E-state index is 0.0175. The number of hydrogen-bond acceptors (Lipinski definition) is 3. The number of carbonyl (C=O) groups is 1. The second-order valence-electron chi connectivity index (χ2n) is 3.59. The maximum Gasteiger partial charge on any atom is 0.318 e. The third-order valence-electron chi connectivity index (χ3n) is 2.90. The Morgan fingerprint density at radius 2 is 2.21 bits per heavy atom. The summed E-state index contributed by atoms with van der Waals surface area (Å²) in [6, 6.07) is 0. The summed E-state index contributed by atoms with van der Waals surface area (Å²) in [5.41, 5.74) is -0.528. The second-order valence-corrected chi connectivity index (χ2v) is 3.59. The average molecular weight is 198 g/mol. The molecule has 0 unspecified atom stereocenters. The quantitative estimate of drug-likeness (QED) is 0.510. The van der Waals surface area contributed by atoms with Gasteiger partial charge in [0.25, 0.3) is 0 Å². The van der Waals surface area contributed by atoms with Crippen LogP contribution >= 0.6 is 0 Å². The van der Waals surface area contributed by atoms with E-state index in [1.54, 1.807) is 0 Å². The van der Waals surface area contributed by atoms with Crippen molar-refractivity contribution in [2.75, 3.05) is 13.7 Å². The topological polar surface area (TPSA) is 35.5 Å². The molecule has 1 rings (SSSR count). The van der Waals surface area contributed by atoms with Gasteiger partial charge in [-0.15, -0.1) is 0 Å². The van der Waals surface area contributed by atoms with Gasteiger partial charge in [-0.3, -0.25) is 4.79 Å². The van der Waals surface area contributed by atoms with Crippen LogP contribution in [0.25, 0.3) is 0 Å². The van der Waals surface area contributed by atoms with Crippen LogP contribution in [0, 0.1) is 11.3 Å². The molecule has 0 radical (unpaired) electrons. The van der Waals surface area contributed by atoms with Gasteiger partial charge in [-0.05, 0) is 13.8 Å². The summed E-state index contributed by atoms with van der Waals surface area (Å²) in [5, 5.41) is 0. The molecule has 0 aromatic heterocycles. The molecular weight excluding hydrogens is 180 g/mol. The zero-order valence-corrected chi connectivity index (χ0v) is 9.24. The van der Waals surface area contributed by atoms with Crippen LogP contribution in [-0.4, -0.2) is 25.8 Å². The van der Waals surface area contributed by atoms with Crippen molar-refractivity contribution in [1.29, 1.82) is 0 Å². The zero-order valence-electron chi connectivity index (χ0n) is 9.24. The predicted molar refractivity (Wildman–Crippen MR) is 53.8 cm³/mol. The molecule has 0 spiro atoms. The fraction of sp³-hybridized carbons (Fsp3) is 0.727. The van der Waals surface area contributed by atoms with Crippen molar-refractivity contribution in [3.63, 3.8) is 0 Å². The molecule has 3 atom stereocenters. The van der Waals surface area contributed by atoms with E-state index in [2.05, 4.69) is 0 Å². The van der Waals surface area contributed by atoms with Crippen molar-refractivity contribution in [2.45, 2.75) is 26.9 Å². The summed E-state index contributed by atoms with van der Waals surface area (Å²) < 4.78 is 10.3. The van der Waals surface area contributed by atoms with E-state index in [9.17, 15) is 4.79 Å². The Hall–Kier alpha value is -0.830. The van der Waals surface area contributed by atoms with Gasteiger partial charge in [0.15, 0.2) is 0 Å². The Bertz CT molecular complexity index is 247. The number of rotatable bonds is 4. The lowest BCUT2D eigenvalue weighted by Gasteiger charge is -2.09.